The second-order valence-corrected chi connectivity index (χ2v) is 5.80. The summed E-state index contributed by atoms with van der Waals surface area (Å²) in [6, 6.07) is 9.52. The molecular weight excluding hydrogens is 294 g/mol. The zero-order chi connectivity index (χ0) is 16.7. The molecule has 0 unspecified atom stereocenters. The van der Waals surface area contributed by atoms with E-state index in [1.165, 1.54) is 4.90 Å². The van der Waals surface area contributed by atoms with Crippen molar-refractivity contribution in [2.75, 3.05) is 13.2 Å². The first-order valence-corrected chi connectivity index (χ1v) is 8.29. The molecule has 0 aromatic heterocycles. The van der Waals surface area contributed by atoms with Crippen molar-refractivity contribution in [2.45, 2.75) is 51.7 Å². The summed E-state index contributed by atoms with van der Waals surface area (Å²) in [5, 5.41) is 0. The normalized spacial score (nSPS) is 19.8. The van der Waals surface area contributed by atoms with Crippen LogP contribution < -0.4 is 0 Å². The van der Waals surface area contributed by atoms with Crippen molar-refractivity contribution in [1.29, 1.82) is 0 Å². The molecule has 1 amide bonds. The SMILES string of the molecule is CCCC[C@@]1(C(=O)OCC)CCN1C(=O)OCc1ccccc1. The van der Waals surface area contributed by atoms with Crippen molar-refractivity contribution in [2.24, 2.45) is 0 Å². The van der Waals surface area contributed by atoms with E-state index in [-0.39, 0.29) is 12.6 Å². The largest absolute Gasteiger partial charge is 0.464 e. The molecule has 1 aromatic carbocycles. The van der Waals surface area contributed by atoms with E-state index in [1.54, 1.807) is 6.92 Å². The summed E-state index contributed by atoms with van der Waals surface area (Å²) < 4.78 is 10.6. The molecule has 0 aliphatic carbocycles. The van der Waals surface area contributed by atoms with Gasteiger partial charge in [0.05, 0.1) is 6.61 Å². The Morgan fingerprint density at radius 3 is 2.48 bits per heavy atom. The van der Waals surface area contributed by atoms with Crippen LogP contribution in [-0.2, 0) is 20.9 Å². The van der Waals surface area contributed by atoms with Gasteiger partial charge in [-0.1, -0.05) is 50.1 Å². The van der Waals surface area contributed by atoms with Crippen molar-refractivity contribution in [3.05, 3.63) is 35.9 Å². The fraction of sp³-hybridized carbons (Fsp3) is 0.556. The zero-order valence-corrected chi connectivity index (χ0v) is 13.9. The van der Waals surface area contributed by atoms with Gasteiger partial charge in [-0.15, -0.1) is 0 Å². The lowest BCUT2D eigenvalue weighted by molar-refractivity contribution is -0.166. The molecule has 0 bridgehead atoms. The van der Waals surface area contributed by atoms with Gasteiger partial charge in [-0.3, -0.25) is 4.90 Å². The maximum atomic E-state index is 12.4. The molecule has 126 valence electrons. The topological polar surface area (TPSA) is 55.8 Å². The van der Waals surface area contributed by atoms with Crippen LogP contribution in [0.5, 0.6) is 0 Å². The standard InChI is InChI=1S/C18H25NO4/c1-3-5-11-18(16(20)22-4-2)12-13-19(18)17(21)23-14-15-9-7-6-8-10-15/h6-10H,3-5,11-14H2,1-2H3/t18-/m0/s1. The van der Waals surface area contributed by atoms with Crippen LogP contribution in [-0.4, -0.2) is 35.7 Å². The molecular formula is C18H25NO4. The first-order valence-electron chi connectivity index (χ1n) is 8.29. The van der Waals surface area contributed by atoms with E-state index >= 15 is 0 Å². The van der Waals surface area contributed by atoms with E-state index in [4.69, 9.17) is 9.47 Å². The summed E-state index contributed by atoms with van der Waals surface area (Å²) in [5.74, 6) is -0.309. The van der Waals surface area contributed by atoms with Gasteiger partial charge in [-0.05, 0) is 25.3 Å². The Hall–Kier alpha value is -2.04. The summed E-state index contributed by atoms with van der Waals surface area (Å²) in [7, 11) is 0. The molecule has 0 N–H and O–H groups in total. The molecule has 1 saturated heterocycles. The van der Waals surface area contributed by atoms with Crippen LogP contribution >= 0.6 is 0 Å². The monoisotopic (exact) mass is 319 g/mol. The van der Waals surface area contributed by atoms with E-state index in [0.717, 1.165) is 18.4 Å². The number of carbonyl (C=O) groups is 2. The Bertz CT molecular complexity index is 531. The lowest BCUT2D eigenvalue weighted by atomic mass is 9.80. The zero-order valence-electron chi connectivity index (χ0n) is 13.9. The fourth-order valence-electron chi connectivity index (χ4n) is 2.87. The van der Waals surface area contributed by atoms with Gasteiger partial charge in [0.15, 0.2) is 0 Å². The van der Waals surface area contributed by atoms with Gasteiger partial charge in [-0.25, -0.2) is 9.59 Å². The van der Waals surface area contributed by atoms with E-state index in [0.29, 0.717) is 26.0 Å². The predicted octanol–water partition coefficient (Wildman–Crippen LogP) is 3.52. The number of carbonyl (C=O) groups excluding carboxylic acids is 2. The highest BCUT2D eigenvalue weighted by Gasteiger charge is 2.54. The van der Waals surface area contributed by atoms with E-state index in [9.17, 15) is 9.59 Å². The lowest BCUT2D eigenvalue weighted by Gasteiger charge is -2.49. The fourth-order valence-corrected chi connectivity index (χ4v) is 2.87. The second kappa shape index (κ2) is 7.99. The molecule has 0 spiro atoms. The minimum Gasteiger partial charge on any atom is -0.464 e. The number of benzene rings is 1. The van der Waals surface area contributed by atoms with Gasteiger partial charge in [0.1, 0.15) is 12.1 Å². The first kappa shape index (κ1) is 17.3. The Morgan fingerprint density at radius 2 is 1.91 bits per heavy atom. The minimum atomic E-state index is -0.834. The molecule has 1 aliphatic rings. The first-order chi connectivity index (χ1) is 11.1. The Labute approximate surface area is 137 Å². The number of unbranched alkanes of at least 4 members (excludes halogenated alkanes) is 1. The van der Waals surface area contributed by atoms with E-state index in [1.807, 2.05) is 30.3 Å². The Morgan fingerprint density at radius 1 is 1.17 bits per heavy atom. The molecule has 23 heavy (non-hydrogen) atoms. The summed E-state index contributed by atoms with van der Waals surface area (Å²) in [4.78, 5) is 26.3. The molecule has 1 atom stereocenters. The van der Waals surface area contributed by atoms with Crippen LogP contribution in [0.3, 0.4) is 0 Å². The van der Waals surface area contributed by atoms with Gasteiger partial charge in [0.25, 0.3) is 0 Å². The lowest BCUT2D eigenvalue weighted by Crippen LogP contribution is -2.67. The van der Waals surface area contributed by atoms with Gasteiger partial charge in [0, 0.05) is 6.54 Å². The molecule has 0 saturated carbocycles. The Kier molecular flexibility index (Phi) is 6.02. The summed E-state index contributed by atoms with van der Waals surface area (Å²) in [6.07, 6.45) is 2.67. The number of likely N-dealkylation sites (tertiary alicyclic amines) is 1. The third-order valence-corrected chi connectivity index (χ3v) is 4.29. The minimum absolute atomic E-state index is 0.211. The number of esters is 1. The quantitative estimate of drug-likeness (QED) is 0.722. The Balaban J connectivity index is 2.01. The third kappa shape index (κ3) is 3.84. The van der Waals surface area contributed by atoms with Crippen LogP contribution in [0.1, 0.15) is 45.1 Å². The highest BCUT2D eigenvalue weighted by atomic mass is 16.6. The summed E-state index contributed by atoms with van der Waals surface area (Å²) in [6.45, 7) is 4.91. The molecule has 5 nitrogen and oxygen atoms in total. The number of amides is 1. The number of nitrogens with zero attached hydrogens (tertiary/aromatic N) is 1. The van der Waals surface area contributed by atoms with Crippen LogP contribution in [0.2, 0.25) is 0 Å². The highest BCUT2D eigenvalue weighted by molar-refractivity contribution is 5.87. The molecule has 0 radical (unpaired) electrons. The number of ether oxygens (including phenoxy) is 2. The third-order valence-electron chi connectivity index (χ3n) is 4.29. The van der Waals surface area contributed by atoms with E-state index in [2.05, 4.69) is 6.92 Å². The maximum absolute atomic E-state index is 12.4. The highest BCUT2D eigenvalue weighted by Crippen LogP contribution is 2.37. The summed E-state index contributed by atoms with van der Waals surface area (Å²) in [5.41, 5.74) is 0.0939. The maximum Gasteiger partial charge on any atom is 0.411 e. The molecule has 1 aliphatic heterocycles. The molecule has 5 heteroatoms. The molecule has 1 aromatic rings. The van der Waals surface area contributed by atoms with Crippen LogP contribution in [0.15, 0.2) is 30.3 Å². The van der Waals surface area contributed by atoms with Gasteiger partial charge in [-0.2, -0.15) is 0 Å². The summed E-state index contributed by atoms with van der Waals surface area (Å²) >= 11 is 0. The second-order valence-electron chi connectivity index (χ2n) is 5.80. The van der Waals surface area contributed by atoms with Gasteiger partial charge in [0.2, 0.25) is 0 Å². The van der Waals surface area contributed by atoms with Crippen molar-refractivity contribution in [3.63, 3.8) is 0 Å². The number of hydrogen-bond donors (Lipinski definition) is 0. The van der Waals surface area contributed by atoms with Crippen molar-refractivity contribution in [3.8, 4) is 0 Å². The van der Waals surface area contributed by atoms with Crippen molar-refractivity contribution >= 4 is 12.1 Å². The van der Waals surface area contributed by atoms with Crippen molar-refractivity contribution < 1.29 is 19.1 Å². The van der Waals surface area contributed by atoms with Gasteiger partial charge >= 0.3 is 12.1 Å². The average molecular weight is 319 g/mol. The molecule has 1 fully saturated rings. The predicted molar refractivity (Wildman–Crippen MR) is 86.8 cm³/mol. The average Bonchev–Trinajstić information content (AvgIpc) is 2.54. The smallest absolute Gasteiger partial charge is 0.411 e. The number of rotatable bonds is 7. The van der Waals surface area contributed by atoms with Crippen LogP contribution in [0.25, 0.3) is 0 Å². The van der Waals surface area contributed by atoms with E-state index < -0.39 is 11.6 Å². The van der Waals surface area contributed by atoms with Crippen LogP contribution in [0, 0.1) is 0 Å². The van der Waals surface area contributed by atoms with Crippen LogP contribution in [0.4, 0.5) is 4.79 Å². The van der Waals surface area contributed by atoms with Crippen molar-refractivity contribution in [1.82, 2.24) is 4.90 Å². The molecule has 1 heterocycles. The molecule has 2 rings (SSSR count). The van der Waals surface area contributed by atoms with Gasteiger partial charge < -0.3 is 9.47 Å². The number of hydrogen-bond acceptors (Lipinski definition) is 4.